The molecule has 0 aliphatic carbocycles. The number of para-hydroxylation sites is 1. The van der Waals surface area contributed by atoms with E-state index in [-0.39, 0.29) is 5.92 Å². The second-order valence-corrected chi connectivity index (χ2v) is 6.72. The minimum atomic E-state index is -1.22. The first-order valence-corrected chi connectivity index (χ1v) is 7.87. The van der Waals surface area contributed by atoms with Crippen molar-refractivity contribution >= 4 is 11.7 Å². The molecule has 2 aromatic carbocycles. The standard InChI is InChI=1S/C19H19NO3/c1-18(23)12-15-11-13-7-5-6-10-16(13)20(18)19(15,17(21)22)14-8-3-2-4-9-14/h2-10,15,23H,11-12H2,1H3,(H,21,22). The highest BCUT2D eigenvalue weighted by atomic mass is 16.4. The molecule has 3 atom stereocenters. The molecule has 0 spiro atoms. The molecular formula is C19H19NO3. The first-order valence-electron chi connectivity index (χ1n) is 7.87. The van der Waals surface area contributed by atoms with E-state index in [0.29, 0.717) is 12.8 Å². The van der Waals surface area contributed by atoms with Crippen molar-refractivity contribution in [2.45, 2.75) is 31.0 Å². The lowest BCUT2D eigenvalue weighted by atomic mass is 9.73. The maximum atomic E-state index is 12.5. The van der Waals surface area contributed by atoms with Crippen LogP contribution >= 0.6 is 0 Å². The van der Waals surface area contributed by atoms with Gasteiger partial charge in [-0.2, -0.15) is 0 Å². The number of fused-ring (bicyclic) bond motifs is 4. The summed E-state index contributed by atoms with van der Waals surface area (Å²) >= 11 is 0. The zero-order valence-corrected chi connectivity index (χ0v) is 12.9. The van der Waals surface area contributed by atoms with Gasteiger partial charge in [0.1, 0.15) is 5.72 Å². The number of benzene rings is 2. The fourth-order valence-electron chi connectivity index (χ4n) is 4.56. The zero-order valence-electron chi connectivity index (χ0n) is 12.9. The monoisotopic (exact) mass is 309 g/mol. The largest absolute Gasteiger partial charge is 0.479 e. The van der Waals surface area contributed by atoms with Gasteiger partial charge in [0.05, 0.1) is 0 Å². The van der Waals surface area contributed by atoms with Gasteiger partial charge in [-0.15, -0.1) is 0 Å². The quantitative estimate of drug-likeness (QED) is 0.895. The summed E-state index contributed by atoms with van der Waals surface area (Å²) in [5.41, 5.74) is 0.232. The molecule has 4 nitrogen and oxygen atoms in total. The van der Waals surface area contributed by atoms with Crippen LogP contribution in [0.25, 0.3) is 0 Å². The summed E-state index contributed by atoms with van der Waals surface area (Å²) in [5, 5.41) is 21.2. The minimum absolute atomic E-state index is 0.174. The molecule has 0 amide bonds. The molecule has 2 aromatic rings. The first-order chi connectivity index (χ1) is 11.0. The van der Waals surface area contributed by atoms with E-state index in [1.807, 2.05) is 54.6 Å². The number of aliphatic hydroxyl groups is 1. The van der Waals surface area contributed by atoms with Crippen molar-refractivity contribution < 1.29 is 15.0 Å². The Morgan fingerprint density at radius 2 is 1.78 bits per heavy atom. The van der Waals surface area contributed by atoms with Crippen LogP contribution in [0.1, 0.15) is 24.5 Å². The molecule has 2 aliphatic heterocycles. The van der Waals surface area contributed by atoms with Crippen LogP contribution in [0.5, 0.6) is 0 Å². The highest BCUT2D eigenvalue weighted by Gasteiger charge is 2.65. The highest BCUT2D eigenvalue weighted by Crippen LogP contribution is 2.57. The molecular weight excluding hydrogens is 290 g/mol. The molecule has 2 aliphatic rings. The van der Waals surface area contributed by atoms with Crippen molar-refractivity contribution in [3.05, 3.63) is 65.7 Å². The van der Waals surface area contributed by atoms with Gasteiger partial charge < -0.3 is 15.1 Å². The molecule has 2 bridgehead atoms. The lowest BCUT2D eigenvalue weighted by molar-refractivity contribution is -0.146. The summed E-state index contributed by atoms with van der Waals surface area (Å²) in [5.74, 6) is -1.08. The predicted molar refractivity (Wildman–Crippen MR) is 87.1 cm³/mol. The van der Waals surface area contributed by atoms with Crippen LogP contribution in [0.4, 0.5) is 5.69 Å². The Morgan fingerprint density at radius 3 is 2.48 bits per heavy atom. The topological polar surface area (TPSA) is 60.8 Å². The fraction of sp³-hybridized carbons (Fsp3) is 0.316. The van der Waals surface area contributed by atoms with Crippen LogP contribution in [0.15, 0.2) is 54.6 Å². The molecule has 118 valence electrons. The molecule has 2 N–H and O–H groups in total. The molecule has 0 radical (unpaired) electrons. The van der Waals surface area contributed by atoms with E-state index in [4.69, 9.17) is 0 Å². The molecule has 3 unspecified atom stereocenters. The maximum Gasteiger partial charge on any atom is 0.334 e. The SMILES string of the molecule is CC1(O)CC2Cc3ccccc3N1C2(C(=O)O)c1ccccc1. The van der Waals surface area contributed by atoms with Crippen molar-refractivity contribution in [2.75, 3.05) is 4.90 Å². The second-order valence-electron chi connectivity index (χ2n) is 6.72. The lowest BCUT2D eigenvalue weighted by Gasteiger charge is -2.47. The maximum absolute atomic E-state index is 12.5. The number of hydrogen-bond donors (Lipinski definition) is 2. The zero-order chi connectivity index (χ0) is 16.2. The Kier molecular flexibility index (Phi) is 2.85. The van der Waals surface area contributed by atoms with Crippen molar-refractivity contribution in [2.24, 2.45) is 5.92 Å². The van der Waals surface area contributed by atoms with E-state index < -0.39 is 17.2 Å². The third-order valence-corrected chi connectivity index (χ3v) is 5.30. The van der Waals surface area contributed by atoms with Crippen molar-refractivity contribution in [1.29, 1.82) is 0 Å². The van der Waals surface area contributed by atoms with E-state index in [9.17, 15) is 15.0 Å². The van der Waals surface area contributed by atoms with E-state index in [2.05, 4.69) is 0 Å². The molecule has 23 heavy (non-hydrogen) atoms. The van der Waals surface area contributed by atoms with Crippen molar-refractivity contribution in [1.82, 2.24) is 0 Å². The van der Waals surface area contributed by atoms with Gasteiger partial charge in [0.15, 0.2) is 5.54 Å². The summed E-state index contributed by atoms with van der Waals surface area (Å²) < 4.78 is 0. The van der Waals surface area contributed by atoms with Gasteiger partial charge in [0, 0.05) is 18.0 Å². The van der Waals surface area contributed by atoms with E-state index in [0.717, 1.165) is 16.8 Å². The molecule has 0 aromatic heterocycles. The number of carboxylic acids is 1. The molecule has 0 saturated carbocycles. The molecule has 1 fully saturated rings. The number of hydrogen-bond acceptors (Lipinski definition) is 3. The third kappa shape index (κ3) is 1.72. The van der Waals surface area contributed by atoms with E-state index in [1.165, 1.54) is 0 Å². The number of anilines is 1. The normalized spacial score (nSPS) is 31.7. The van der Waals surface area contributed by atoms with Crippen LogP contribution < -0.4 is 4.90 Å². The smallest absolute Gasteiger partial charge is 0.334 e. The average molecular weight is 309 g/mol. The van der Waals surface area contributed by atoms with Crippen LogP contribution in [0.3, 0.4) is 0 Å². The number of carboxylic acid groups (broad SMARTS) is 1. The Labute approximate surface area is 135 Å². The number of aliphatic carboxylic acids is 1. The van der Waals surface area contributed by atoms with Gasteiger partial charge >= 0.3 is 5.97 Å². The van der Waals surface area contributed by atoms with Gasteiger partial charge in [0.25, 0.3) is 0 Å². The van der Waals surface area contributed by atoms with Crippen LogP contribution in [-0.4, -0.2) is 21.9 Å². The molecule has 4 heteroatoms. The first kappa shape index (κ1) is 14.3. The summed E-state index contributed by atoms with van der Waals surface area (Å²) in [6.45, 7) is 1.72. The summed E-state index contributed by atoms with van der Waals surface area (Å²) in [6, 6.07) is 17.1. The fourth-order valence-corrected chi connectivity index (χ4v) is 4.56. The minimum Gasteiger partial charge on any atom is -0.479 e. The summed E-state index contributed by atoms with van der Waals surface area (Å²) in [6.07, 6.45) is 1.09. The Balaban J connectivity index is 2.04. The average Bonchev–Trinajstić information content (AvgIpc) is 2.69. The van der Waals surface area contributed by atoms with Crippen molar-refractivity contribution in [3.8, 4) is 0 Å². The molecule has 1 saturated heterocycles. The number of nitrogens with zero attached hydrogens (tertiary/aromatic N) is 1. The Hall–Kier alpha value is -2.33. The number of carbonyl (C=O) groups is 1. The Morgan fingerprint density at radius 1 is 1.13 bits per heavy atom. The van der Waals surface area contributed by atoms with Crippen molar-refractivity contribution in [3.63, 3.8) is 0 Å². The van der Waals surface area contributed by atoms with Crippen LogP contribution in [0.2, 0.25) is 0 Å². The highest BCUT2D eigenvalue weighted by molar-refractivity contribution is 5.89. The van der Waals surface area contributed by atoms with Gasteiger partial charge in [-0.25, -0.2) is 4.79 Å². The summed E-state index contributed by atoms with van der Waals surface area (Å²) in [7, 11) is 0. The Bertz CT molecular complexity index is 771. The molecule has 2 heterocycles. The van der Waals surface area contributed by atoms with Gasteiger partial charge in [0.2, 0.25) is 0 Å². The third-order valence-electron chi connectivity index (χ3n) is 5.30. The van der Waals surface area contributed by atoms with Crippen LogP contribution in [-0.2, 0) is 16.8 Å². The van der Waals surface area contributed by atoms with E-state index in [1.54, 1.807) is 11.8 Å². The van der Waals surface area contributed by atoms with Crippen LogP contribution in [0, 0.1) is 5.92 Å². The van der Waals surface area contributed by atoms with Gasteiger partial charge in [-0.1, -0.05) is 48.5 Å². The summed E-state index contributed by atoms with van der Waals surface area (Å²) in [4.78, 5) is 14.2. The number of rotatable bonds is 2. The predicted octanol–water partition coefficient (Wildman–Crippen LogP) is 2.76. The molecule has 4 rings (SSSR count). The van der Waals surface area contributed by atoms with Gasteiger partial charge in [-0.05, 0) is 30.5 Å². The van der Waals surface area contributed by atoms with E-state index >= 15 is 0 Å². The second kappa shape index (κ2) is 4.59. The lowest BCUT2D eigenvalue weighted by Crippen LogP contribution is -2.59. The van der Waals surface area contributed by atoms with Gasteiger partial charge in [-0.3, -0.25) is 0 Å².